The average Bonchev–Trinajstić information content (AvgIpc) is 2.08. The molecule has 0 amide bonds. The molecule has 0 aromatic heterocycles. The van der Waals surface area contributed by atoms with Crippen LogP contribution in [-0.2, 0) is 0 Å². The molecule has 0 radical (unpaired) electrons. The molecule has 0 atom stereocenters. The zero-order valence-electron chi connectivity index (χ0n) is 6.32. The van der Waals surface area contributed by atoms with Crippen molar-refractivity contribution < 1.29 is 17.6 Å². The lowest BCUT2D eigenvalue weighted by atomic mass is 10.1. The van der Waals surface area contributed by atoms with Gasteiger partial charge in [-0.2, -0.15) is 0 Å². The van der Waals surface area contributed by atoms with Crippen LogP contribution >= 0.6 is 0 Å². The maximum atomic E-state index is 12.5. The summed E-state index contributed by atoms with van der Waals surface area (Å²) in [4.78, 5) is 0. The summed E-state index contributed by atoms with van der Waals surface area (Å²) < 4.78 is 49.3. The molecule has 4 heteroatoms. The van der Waals surface area contributed by atoms with Crippen LogP contribution in [0.15, 0.2) is 12.1 Å². The van der Waals surface area contributed by atoms with Gasteiger partial charge in [0.05, 0.1) is 0 Å². The summed E-state index contributed by atoms with van der Waals surface area (Å²) in [5.41, 5.74) is -0.990. The van der Waals surface area contributed by atoms with Gasteiger partial charge < -0.3 is 0 Å². The van der Waals surface area contributed by atoms with Crippen molar-refractivity contribution in [3.05, 3.63) is 34.9 Å². The Bertz CT molecular complexity index is 363. The van der Waals surface area contributed by atoms with Crippen LogP contribution in [0.5, 0.6) is 0 Å². The van der Waals surface area contributed by atoms with Crippen molar-refractivity contribution in [1.29, 1.82) is 0 Å². The standard InChI is InChI=1S/C9H4F4/c1-2-5-3-7(10)8(11)4-6(5)9(12)13/h1,3-4,9H. The first-order chi connectivity index (χ1) is 6.06. The molecule has 0 fully saturated rings. The van der Waals surface area contributed by atoms with Crippen LogP contribution in [0.4, 0.5) is 17.6 Å². The molecule has 0 aliphatic rings. The molecular formula is C9H4F4. The van der Waals surface area contributed by atoms with Gasteiger partial charge in [-0.15, -0.1) is 6.42 Å². The molecule has 0 unspecified atom stereocenters. The van der Waals surface area contributed by atoms with Crippen molar-refractivity contribution in [2.45, 2.75) is 6.43 Å². The third-order valence-corrected chi connectivity index (χ3v) is 1.48. The number of rotatable bonds is 1. The molecule has 0 aliphatic heterocycles. The first kappa shape index (κ1) is 9.59. The lowest BCUT2D eigenvalue weighted by molar-refractivity contribution is 0.150. The molecule has 1 aromatic carbocycles. The molecule has 0 aliphatic carbocycles. The van der Waals surface area contributed by atoms with Gasteiger partial charge in [-0.1, -0.05) is 5.92 Å². The second kappa shape index (κ2) is 3.48. The van der Waals surface area contributed by atoms with Crippen molar-refractivity contribution in [2.75, 3.05) is 0 Å². The zero-order chi connectivity index (χ0) is 10.0. The Kier molecular flexibility index (Phi) is 2.57. The number of alkyl halides is 2. The van der Waals surface area contributed by atoms with E-state index in [-0.39, 0.29) is 5.56 Å². The monoisotopic (exact) mass is 188 g/mol. The molecule has 1 aromatic rings. The van der Waals surface area contributed by atoms with E-state index >= 15 is 0 Å². The molecule has 13 heavy (non-hydrogen) atoms. The van der Waals surface area contributed by atoms with Crippen LogP contribution in [0.1, 0.15) is 17.6 Å². The van der Waals surface area contributed by atoms with Gasteiger partial charge in [0, 0.05) is 11.1 Å². The fourth-order valence-corrected chi connectivity index (χ4v) is 0.868. The van der Waals surface area contributed by atoms with E-state index in [1.165, 1.54) is 0 Å². The van der Waals surface area contributed by atoms with Crippen molar-refractivity contribution in [2.24, 2.45) is 0 Å². The average molecular weight is 188 g/mol. The minimum atomic E-state index is -2.90. The highest BCUT2D eigenvalue weighted by Crippen LogP contribution is 2.24. The van der Waals surface area contributed by atoms with Crippen LogP contribution in [-0.4, -0.2) is 0 Å². The summed E-state index contributed by atoms with van der Waals surface area (Å²) in [5, 5.41) is 0. The Morgan fingerprint density at radius 2 is 1.69 bits per heavy atom. The van der Waals surface area contributed by atoms with E-state index in [1.54, 1.807) is 0 Å². The molecule has 0 saturated carbocycles. The van der Waals surface area contributed by atoms with Crippen molar-refractivity contribution in [1.82, 2.24) is 0 Å². The normalized spacial score (nSPS) is 10.2. The van der Waals surface area contributed by atoms with Crippen molar-refractivity contribution >= 4 is 0 Å². The van der Waals surface area contributed by atoms with Gasteiger partial charge in [0.15, 0.2) is 11.6 Å². The lowest BCUT2D eigenvalue weighted by Crippen LogP contribution is -1.95. The number of hydrogen-bond acceptors (Lipinski definition) is 0. The predicted molar refractivity (Wildman–Crippen MR) is 39.3 cm³/mol. The Morgan fingerprint density at radius 1 is 1.15 bits per heavy atom. The van der Waals surface area contributed by atoms with E-state index in [0.717, 1.165) is 0 Å². The van der Waals surface area contributed by atoms with E-state index in [0.29, 0.717) is 12.1 Å². The van der Waals surface area contributed by atoms with Gasteiger partial charge in [-0.3, -0.25) is 0 Å². The van der Waals surface area contributed by atoms with Gasteiger partial charge in [0.25, 0.3) is 6.43 Å². The second-order valence-electron chi connectivity index (χ2n) is 2.30. The maximum absolute atomic E-state index is 12.5. The number of benzene rings is 1. The van der Waals surface area contributed by atoms with Crippen LogP contribution in [0.25, 0.3) is 0 Å². The molecule has 0 N–H and O–H groups in total. The first-order valence-electron chi connectivity index (χ1n) is 3.30. The first-order valence-corrected chi connectivity index (χ1v) is 3.30. The second-order valence-corrected chi connectivity index (χ2v) is 2.30. The summed E-state index contributed by atoms with van der Waals surface area (Å²) in [6, 6.07) is 0.992. The fourth-order valence-electron chi connectivity index (χ4n) is 0.868. The van der Waals surface area contributed by atoms with Crippen molar-refractivity contribution in [3.63, 3.8) is 0 Å². The van der Waals surface area contributed by atoms with E-state index < -0.39 is 23.6 Å². The van der Waals surface area contributed by atoms with E-state index in [9.17, 15) is 17.6 Å². The van der Waals surface area contributed by atoms with Gasteiger partial charge in [-0.25, -0.2) is 17.6 Å². The minimum absolute atomic E-state index is 0.325. The predicted octanol–water partition coefficient (Wildman–Crippen LogP) is 2.88. The third kappa shape index (κ3) is 1.81. The zero-order valence-corrected chi connectivity index (χ0v) is 6.32. The van der Waals surface area contributed by atoms with E-state index in [1.807, 2.05) is 5.92 Å². The summed E-state index contributed by atoms with van der Waals surface area (Å²) in [7, 11) is 0. The molecule has 68 valence electrons. The SMILES string of the molecule is C#Cc1cc(F)c(F)cc1C(F)F. The molecule has 0 bridgehead atoms. The third-order valence-electron chi connectivity index (χ3n) is 1.48. The molecule has 0 heterocycles. The Labute approximate surface area is 72.2 Å². The number of halogens is 4. The quantitative estimate of drug-likeness (QED) is 0.469. The molecule has 0 nitrogen and oxygen atoms in total. The molecular weight excluding hydrogens is 184 g/mol. The van der Waals surface area contributed by atoms with Crippen LogP contribution < -0.4 is 0 Å². The van der Waals surface area contributed by atoms with Gasteiger partial charge in [0.1, 0.15) is 0 Å². The highest BCUT2D eigenvalue weighted by atomic mass is 19.3. The van der Waals surface area contributed by atoms with Crippen LogP contribution in [0.3, 0.4) is 0 Å². The van der Waals surface area contributed by atoms with E-state index in [2.05, 4.69) is 0 Å². The van der Waals surface area contributed by atoms with Crippen LogP contribution in [0.2, 0.25) is 0 Å². The lowest BCUT2D eigenvalue weighted by Gasteiger charge is -2.03. The topological polar surface area (TPSA) is 0 Å². The Balaban J connectivity index is 3.35. The Morgan fingerprint density at radius 3 is 2.15 bits per heavy atom. The van der Waals surface area contributed by atoms with Gasteiger partial charge in [-0.05, 0) is 12.1 Å². The largest absolute Gasteiger partial charge is 0.265 e. The highest BCUT2D eigenvalue weighted by Gasteiger charge is 2.15. The summed E-state index contributed by atoms with van der Waals surface area (Å²) in [6.45, 7) is 0. The smallest absolute Gasteiger partial charge is 0.205 e. The summed E-state index contributed by atoms with van der Waals surface area (Å²) in [6.07, 6.45) is 1.93. The number of terminal acetylenes is 1. The van der Waals surface area contributed by atoms with Crippen molar-refractivity contribution in [3.8, 4) is 12.3 Å². The number of hydrogen-bond donors (Lipinski definition) is 0. The fraction of sp³-hybridized carbons (Fsp3) is 0.111. The molecule has 1 rings (SSSR count). The highest BCUT2D eigenvalue weighted by molar-refractivity contribution is 5.41. The molecule has 0 spiro atoms. The minimum Gasteiger partial charge on any atom is -0.205 e. The molecule has 0 saturated heterocycles. The van der Waals surface area contributed by atoms with E-state index in [4.69, 9.17) is 6.42 Å². The Hall–Kier alpha value is -1.50. The summed E-state index contributed by atoms with van der Waals surface area (Å²) >= 11 is 0. The van der Waals surface area contributed by atoms with Gasteiger partial charge >= 0.3 is 0 Å². The van der Waals surface area contributed by atoms with Gasteiger partial charge in [0.2, 0.25) is 0 Å². The maximum Gasteiger partial charge on any atom is 0.265 e. The summed E-state index contributed by atoms with van der Waals surface area (Å²) in [5.74, 6) is -0.691. The van der Waals surface area contributed by atoms with Crippen LogP contribution in [0, 0.1) is 24.0 Å².